The number of Topliss-reactive ketones (excluding diaryl/α,β-unsaturated/α-hetero) is 1. The molecule has 0 spiro atoms. The summed E-state index contributed by atoms with van der Waals surface area (Å²) in [5.41, 5.74) is 0.226. The molecule has 104 valence electrons. The second-order valence-corrected chi connectivity index (χ2v) is 4.53. The molecule has 0 aliphatic carbocycles. The van der Waals surface area contributed by atoms with Crippen molar-refractivity contribution in [3.63, 3.8) is 0 Å². The van der Waals surface area contributed by atoms with Crippen molar-refractivity contribution < 1.29 is 18.7 Å². The van der Waals surface area contributed by atoms with E-state index in [-0.39, 0.29) is 29.2 Å². The average molecular weight is 287 g/mol. The fourth-order valence-corrected chi connectivity index (χ4v) is 1.74. The van der Waals surface area contributed by atoms with E-state index in [9.17, 15) is 14.0 Å². The quantitative estimate of drug-likeness (QED) is 0.435. The molecule has 0 saturated heterocycles. The fraction of sp³-hybridized carbons (Fsp3) is 0.429. The van der Waals surface area contributed by atoms with Gasteiger partial charge in [0.2, 0.25) is 0 Å². The molecule has 1 aromatic rings. The van der Waals surface area contributed by atoms with Crippen molar-refractivity contribution >= 4 is 23.4 Å². The Morgan fingerprint density at radius 2 is 2.05 bits per heavy atom. The van der Waals surface area contributed by atoms with Crippen LogP contribution in [0.3, 0.4) is 0 Å². The predicted molar refractivity (Wildman–Crippen MR) is 70.8 cm³/mol. The van der Waals surface area contributed by atoms with Crippen molar-refractivity contribution in [2.45, 2.75) is 32.6 Å². The summed E-state index contributed by atoms with van der Waals surface area (Å²) in [7, 11) is 0. The lowest BCUT2D eigenvalue weighted by Crippen LogP contribution is -2.09. The van der Waals surface area contributed by atoms with E-state index < -0.39 is 11.8 Å². The maximum Gasteiger partial charge on any atom is 0.306 e. The molecule has 0 saturated carbocycles. The van der Waals surface area contributed by atoms with Crippen LogP contribution in [0.1, 0.15) is 43.0 Å². The Morgan fingerprint density at radius 1 is 1.32 bits per heavy atom. The largest absolute Gasteiger partial charge is 0.466 e. The highest BCUT2D eigenvalue weighted by Gasteiger charge is 2.13. The third kappa shape index (κ3) is 5.39. The molecule has 0 heterocycles. The summed E-state index contributed by atoms with van der Waals surface area (Å²) in [4.78, 5) is 23.1. The topological polar surface area (TPSA) is 43.4 Å². The molecule has 0 N–H and O–H groups in total. The SMILES string of the molecule is CCCCOC(=O)CCC(=O)c1ccc(F)cc1Cl. The second-order valence-electron chi connectivity index (χ2n) is 4.12. The van der Waals surface area contributed by atoms with Crippen molar-refractivity contribution in [3.05, 3.63) is 34.6 Å². The van der Waals surface area contributed by atoms with Gasteiger partial charge in [-0.2, -0.15) is 0 Å². The number of ketones is 1. The van der Waals surface area contributed by atoms with Crippen molar-refractivity contribution in [1.29, 1.82) is 0 Å². The van der Waals surface area contributed by atoms with Gasteiger partial charge in [0.1, 0.15) is 5.82 Å². The molecule has 0 radical (unpaired) electrons. The molecule has 5 heteroatoms. The number of carbonyl (C=O) groups excluding carboxylic acids is 2. The maximum absolute atomic E-state index is 12.8. The van der Waals surface area contributed by atoms with Gasteiger partial charge in [-0.05, 0) is 24.6 Å². The van der Waals surface area contributed by atoms with Gasteiger partial charge in [0, 0.05) is 12.0 Å². The summed E-state index contributed by atoms with van der Waals surface area (Å²) < 4.78 is 17.8. The highest BCUT2D eigenvalue weighted by Crippen LogP contribution is 2.19. The minimum Gasteiger partial charge on any atom is -0.466 e. The van der Waals surface area contributed by atoms with Gasteiger partial charge in [-0.15, -0.1) is 0 Å². The van der Waals surface area contributed by atoms with Crippen LogP contribution < -0.4 is 0 Å². The van der Waals surface area contributed by atoms with Crippen LogP contribution in [0.2, 0.25) is 5.02 Å². The Kier molecular flexibility index (Phi) is 6.50. The fourth-order valence-electron chi connectivity index (χ4n) is 1.47. The number of hydrogen-bond acceptors (Lipinski definition) is 3. The van der Waals surface area contributed by atoms with Crippen LogP contribution in [0, 0.1) is 5.82 Å². The van der Waals surface area contributed by atoms with Crippen LogP contribution in [0.25, 0.3) is 0 Å². The molecule has 0 amide bonds. The Labute approximate surface area is 116 Å². The summed E-state index contributed by atoms with van der Waals surface area (Å²) in [5, 5.41) is 0.0596. The van der Waals surface area contributed by atoms with Gasteiger partial charge >= 0.3 is 5.97 Å². The van der Waals surface area contributed by atoms with Crippen LogP contribution in [-0.2, 0) is 9.53 Å². The Bertz CT molecular complexity index is 460. The average Bonchev–Trinajstić information content (AvgIpc) is 2.36. The Morgan fingerprint density at radius 3 is 2.68 bits per heavy atom. The van der Waals surface area contributed by atoms with Crippen molar-refractivity contribution in [2.75, 3.05) is 6.61 Å². The molecule has 19 heavy (non-hydrogen) atoms. The molecule has 0 aliphatic rings. The molecule has 0 aromatic heterocycles. The summed E-state index contributed by atoms with van der Waals surface area (Å²) in [5.74, 6) is -1.20. The molecule has 0 unspecified atom stereocenters. The number of ether oxygens (including phenoxy) is 1. The summed E-state index contributed by atoms with van der Waals surface area (Å²) in [6, 6.07) is 3.56. The molecule has 3 nitrogen and oxygen atoms in total. The van der Waals surface area contributed by atoms with Crippen molar-refractivity contribution in [2.24, 2.45) is 0 Å². The highest BCUT2D eigenvalue weighted by atomic mass is 35.5. The molecule has 0 bridgehead atoms. The molecule has 0 aliphatic heterocycles. The molecule has 1 rings (SSSR count). The zero-order chi connectivity index (χ0) is 14.3. The van der Waals surface area contributed by atoms with E-state index in [0.717, 1.165) is 18.9 Å². The van der Waals surface area contributed by atoms with E-state index in [1.807, 2.05) is 6.92 Å². The van der Waals surface area contributed by atoms with E-state index in [2.05, 4.69) is 0 Å². The van der Waals surface area contributed by atoms with E-state index in [1.165, 1.54) is 12.1 Å². The van der Waals surface area contributed by atoms with Gasteiger partial charge in [-0.25, -0.2) is 4.39 Å². The highest BCUT2D eigenvalue weighted by molar-refractivity contribution is 6.34. The Balaban J connectivity index is 2.45. The van der Waals surface area contributed by atoms with Gasteiger partial charge in [-0.1, -0.05) is 24.9 Å². The first-order valence-corrected chi connectivity index (χ1v) is 6.56. The van der Waals surface area contributed by atoms with Crippen molar-refractivity contribution in [3.8, 4) is 0 Å². The number of rotatable bonds is 7. The third-order valence-corrected chi connectivity index (χ3v) is 2.86. The van der Waals surface area contributed by atoms with E-state index >= 15 is 0 Å². The van der Waals surface area contributed by atoms with Crippen LogP contribution in [0.5, 0.6) is 0 Å². The standard InChI is InChI=1S/C14H16ClFO3/c1-2-3-8-19-14(18)7-6-13(17)11-5-4-10(16)9-12(11)15/h4-5,9H,2-3,6-8H2,1H3. The third-order valence-electron chi connectivity index (χ3n) is 2.55. The van der Waals surface area contributed by atoms with Crippen molar-refractivity contribution in [1.82, 2.24) is 0 Å². The van der Waals surface area contributed by atoms with Crippen LogP contribution in [-0.4, -0.2) is 18.4 Å². The monoisotopic (exact) mass is 286 g/mol. The number of unbranched alkanes of at least 4 members (excludes halogenated alkanes) is 1. The van der Waals surface area contributed by atoms with Gasteiger partial charge < -0.3 is 4.74 Å². The predicted octanol–water partition coefficient (Wildman–Crippen LogP) is 3.79. The first kappa shape index (κ1) is 15.6. The number of halogens is 2. The summed E-state index contributed by atoms with van der Waals surface area (Å²) in [6.45, 7) is 2.37. The maximum atomic E-state index is 12.8. The minimum atomic E-state index is -0.500. The smallest absolute Gasteiger partial charge is 0.306 e. The van der Waals surface area contributed by atoms with Gasteiger partial charge in [-0.3, -0.25) is 9.59 Å². The normalized spacial score (nSPS) is 10.3. The first-order valence-electron chi connectivity index (χ1n) is 6.18. The van der Waals surface area contributed by atoms with E-state index in [0.29, 0.717) is 6.61 Å². The number of hydrogen-bond donors (Lipinski definition) is 0. The van der Waals surface area contributed by atoms with E-state index in [1.54, 1.807) is 0 Å². The van der Waals surface area contributed by atoms with Gasteiger partial charge in [0.05, 0.1) is 18.1 Å². The lowest BCUT2D eigenvalue weighted by atomic mass is 10.1. The first-order chi connectivity index (χ1) is 9.04. The van der Waals surface area contributed by atoms with E-state index in [4.69, 9.17) is 16.3 Å². The second kappa shape index (κ2) is 7.89. The lowest BCUT2D eigenvalue weighted by Gasteiger charge is -2.05. The van der Waals surface area contributed by atoms with Gasteiger partial charge in [0.15, 0.2) is 5.78 Å². The zero-order valence-corrected chi connectivity index (χ0v) is 11.5. The molecule has 0 atom stereocenters. The molecular weight excluding hydrogens is 271 g/mol. The lowest BCUT2D eigenvalue weighted by molar-refractivity contribution is -0.143. The number of benzene rings is 1. The summed E-state index contributed by atoms with van der Waals surface area (Å²) >= 11 is 5.77. The summed E-state index contributed by atoms with van der Waals surface area (Å²) in [6.07, 6.45) is 1.77. The van der Waals surface area contributed by atoms with Crippen LogP contribution in [0.15, 0.2) is 18.2 Å². The zero-order valence-electron chi connectivity index (χ0n) is 10.7. The molecular formula is C14H16ClFO3. The van der Waals surface area contributed by atoms with Gasteiger partial charge in [0.25, 0.3) is 0 Å². The van der Waals surface area contributed by atoms with Crippen LogP contribution in [0.4, 0.5) is 4.39 Å². The molecule has 1 aromatic carbocycles. The number of esters is 1. The Hall–Kier alpha value is -1.42. The minimum absolute atomic E-state index is 0.0102. The van der Waals surface area contributed by atoms with Crippen LogP contribution >= 0.6 is 11.6 Å². The molecule has 0 fully saturated rings. The number of carbonyl (C=O) groups is 2.